The van der Waals surface area contributed by atoms with E-state index in [0.29, 0.717) is 5.70 Å². The second kappa shape index (κ2) is 5.45. The van der Waals surface area contributed by atoms with E-state index >= 15 is 0 Å². The van der Waals surface area contributed by atoms with E-state index in [1.54, 1.807) is 6.08 Å². The van der Waals surface area contributed by atoms with E-state index in [-0.39, 0.29) is 31.4 Å². The molecule has 0 aliphatic carbocycles. The molecular weight excluding hydrogens is 213 g/mol. The van der Waals surface area contributed by atoms with Crippen molar-refractivity contribution in [3.8, 4) is 0 Å². The smallest absolute Gasteiger partial charge is 0.0617 e. The van der Waals surface area contributed by atoms with Crippen molar-refractivity contribution >= 4 is 0 Å². The molecule has 0 fully saturated rings. The Labute approximate surface area is 98.8 Å². The van der Waals surface area contributed by atoms with Gasteiger partial charge in [0.25, 0.3) is 0 Å². The van der Waals surface area contributed by atoms with E-state index in [0.717, 1.165) is 10.8 Å². The van der Waals surface area contributed by atoms with Gasteiger partial charge in [-0.25, -0.2) is 5.06 Å². The summed E-state index contributed by atoms with van der Waals surface area (Å²) >= 11 is 0. The molecule has 0 amide bonds. The van der Waals surface area contributed by atoms with Crippen molar-refractivity contribution in [2.24, 2.45) is 5.41 Å². The fraction of sp³-hybridized carbons (Fsp3) is 0.364. The van der Waals surface area contributed by atoms with Gasteiger partial charge in [-0.05, 0) is 12.2 Å². The van der Waals surface area contributed by atoms with Gasteiger partial charge in [0.1, 0.15) is 0 Å². The number of allylic oxidation sites excluding steroid dienone is 4. The van der Waals surface area contributed by atoms with Crippen molar-refractivity contribution < 1.29 is 23.8 Å². The number of hydrogen-bond acceptors (Lipinski definition) is 2. The Hall–Kier alpha value is -0.436. The van der Waals surface area contributed by atoms with Gasteiger partial charge in [0.2, 0.25) is 0 Å². The maximum absolute atomic E-state index is 9.59. The normalized spacial score (nSPS) is 15.6. The molecule has 0 aromatic rings. The van der Waals surface area contributed by atoms with E-state index in [1.165, 1.54) is 0 Å². The van der Waals surface area contributed by atoms with Crippen LogP contribution in [-0.2, 0) is 18.6 Å². The largest absolute Gasteiger partial charge is 0.358 e. The molecule has 1 aliphatic rings. The number of hydroxylamine groups is 2. The van der Waals surface area contributed by atoms with Crippen LogP contribution in [0.5, 0.6) is 0 Å². The number of hydrogen-bond donors (Lipinski definition) is 1. The molecule has 0 saturated heterocycles. The van der Waals surface area contributed by atoms with Crippen molar-refractivity contribution in [3.05, 3.63) is 43.6 Å². The topological polar surface area (TPSA) is 23.5 Å². The maximum Gasteiger partial charge on any atom is 0.0617 e. The van der Waals surface area contributed by atoms with Crippen LogP contribution < -0.4 is 0 Å². The van der Waals surface area contributed by atoms with E-state index in [1.807, 2.05) is 12.2 Å². The molecule has 14 heavy (non-hydrogen) atoms. The van der Waals surface area contributed by atoms with Crippen molar-refractivity contribution in [2.45, 2.75) is 20.8 Å². The van der Waals surface area contributed by atoms with Crippen LogP contribution in [0, 0.1) is 12.8 Å². The molecule has 2 nitrogen and oxygen atoms in total. The van der Waals surface area contributed by atoms with Gasteiger partial charge in [-0.2, -0.15) is 0 Å². The average Bonchev–Trinajstić information content (AvgIpc) is 1.92. The summed E-state index contributed by atoms with van der Waals surface area (Å²) < 4.78 is 0. The standard InChI is InChI=1S/C10H15NO.CH3.V/c1-8-6-5-7-9(11(8)12)10(2,3)4;;/h5-7,12H,1H2,2-4H3;1H3;/q;-1;. The molecule has 1 rings (SSSR count). The molecule has 1 radical (unpaired) electrons. The Morgan fingerprint density at radius 1 is 1.36 bits per heavy atom. The monoisotopic (exact) mass is 231 g/mol. The van der Waals surface area contributed by atoms with E-state index in [2.05, 4.69) is 27.4 Å². The van der Waals surface area contributed by atoms with Crippen molar-refractivity contribution in [1.82, 2.24) is 5.06 Å². The Morgan fingerprint density at radius 2 is 1.86 bits per heavy atom. The summed E-state index contributed by atoms with van der Waals surface area (Å²) in [4.78, 5) is 0. The molecule has 0 aromatic heterocycles. The Kier molecular flexibility index (Phi) is 6.23. The zero-order valence-corrected chi connectivity index (χ0v) is 10.7. The molecule has 3 heteroatoms. The SMILES string of the molecule is C=C1C=CC=C(C(C)(C)C)N1O.[CH3-].[V]. The van der Waals surface area contributed by atoms with Crippen LogP contribution in [0.4, 0.5) is 0 Å². The van der Waals surface area contributed by atoms with Crippen LogP contribution in [-0.4, -0.2) is 10.3 Å². The van der Waals surface area contributed by atoms with Gasteiger partial charge in [0.15, 0.2) is 0 Å². The Bertz CT molecular complexity index is 261. The minimum absolute atomic E-state index is 0. The first kappa shape index (κ1) is 16.0. The summed E-state index contributed by atoms with van der Waals surface area (Å²) in [5.74, 6) is 0. The first-order valence-electron chi connectivity index (χ1n) is 3.99. The second-order valence-electron chi connectivity index (χ2n) is 3.96. The maximum atomic E-state index is 9.59. The summed E-state index contributed by atoms with van der Waals surface area (Å²) in [6, 6.07) is 0. The van der Waals surface area contributed by atoms with Gasteiger partial charge >= 0.3 is 0 Å². The molecular formula is C11H18NOV-. The third kappa shape index (κ3) is 3.37. The van der Waals surface area contributed by atoms with Crippen LogP contribution in [0.3, 0.4) is 0 Å². The fourth-order valence-electron chi connectivity index (χ4n) is 1.11. The molecule has 0 unspecified atom stereocenters. The Balaban J connectivity index is 0. The van der Waals surface area contributed by atoms with Crippen molar-refractivity contribution in [2.75, 3.05) is 0 Å². The molecule has 0 aromatic carbocycles. The minimum Gasteiger partial charge on any atom is -0.358 e. The third-order valence-electron chi connectivity index (χ3n) is 1.81. The van der Waals surface area contributed by atoms with Gasteiger partial charge in [-0.1, -0.05) is 33.4 Å². The van der Waals surface area contributed by atoms with Gasteiger partial charge in [-0.15, -0.1) is 0 Å². The number of nitrogens with zero attached hydrogens (tertiary/aromatic N) is 1. The van der Waals surface area contributed by atoms with Crippen LogP contribution >= 0.6 is 0 Å². The second-order valence-corrected chi connectivity index (χ2v) is 3.96. The van der Waals surface area contributed by atoms with Gasteiger partial charge in [0, 0.05) is 24.0 Å². The molecule has 0 atom stereocenters. The van der Waals surface area contributed by atoms with Gasteiger partial charge in [0.05, 0.1) is 11.4 Å². The molecule has 0 spiro atoms. The van der Waals surface area contributed by atoms with Gasteiger partial charge < -0.3 is 7.43 Å². The van der Waals surface area contributed by atoms with Crippen molar-refractivity contribution in [1.29, 1.82) is 0 Å². The van der Waals surface area contributed by atoms with Crippen LogP contribution in [0.15, 0.2) is 36.2 Å². The first-order chi connectivity index (χ1) is 5.43. The van der Waals surface area contributed by atoms with Crippen LogP contribution in [0.2, 0.25) is 0 Å². The van der Waals surface area contributed by atoms with E-state index in [9.17, 15) is 5.21 Å². The molecule has 0 bridgehead atoms. The summed E-state index contributed by atoms with van der Waals surface area (Å²) in [6.45, 7) is 9.86. The first-order valence-corrected chi connectivity index (χ1v) is 3.99. The van der Waals surface area contributed by atoms with E-state index < -0.39 is 0 Å². The summed E-state index contributed by atoms with van der Waals surface area (Å²) in [5.41, 5.74) is 1.43. The van der Waals surface area contributed by atoms with Gasteiger partial charge in [-0.3, -0.25) is 5.21 Å². The van der Waals surface area contributed by atoms with Crippen LogP contribution in [0.1, 0.15) is 20.8 Å². The van der Waals surface area contributed by atoms with Crippen LogP contribution in [0.25, 0.3) is 0 Å². The number of rotatable bonds is 0. The fourth-order valence-corrected chi connectivity index (χ4v) is 1.11. The predicted molar refractivity (Wildman–Crippen MR) is 55.9 cm³/mol. The Morgan fingerprint density at radius 3 is 2.21 bits per heavy atom. The zero-order chi connectivity index (χ0) is 9.35. The average molecular weight is 231 g/mol. The van der Waals surface area contributed by atoms with E-state index in [4.69, 9.17) is 0 Å². The molecule has 79 valence electrons. The molecule has 0 saturated carbocycles. The third-order valence-corrected chi connectivity index (χ3v) is 1.81. The molecule has 1 aliphatic heterocycles. The van der Waals surface area contributed by atoms with Crippen molar-refractivity contribution in [3.63, 3.8) is 0 Å². The summed E-state index contributed by atoms with van der Waals surface area (Å²) in [6.07, 6.45) is 5.57. The molecule has 1 heterocycles. The summed E-state index contributed by atoms with van der Waals surface area (Å²) in [5, 5.41) is 10.7. The predicted octanol–water partition coefficient (Wildman–Crippen LogP) is 3.14. The summed E-state index contributed by atoms with van der Waals surface area (Å²) in [7, 11) is 0. The molecule has 1 N–H and O–H groups in total. The zero-order valence-electron chi connectivity index (χ0n) is 9.28. The quantitative estimate of drug-likeness (QED) is 0.647. The minimum atomic E-state index is -0.0531.